The molecule has 0 saturated heterocycles. The van der Waals surface area contributed by atoms with Crippen LogP contribution < -0.4 is 5.32 Å². The predicted octanol–water partition coefficient (Wildman–Crippen LogP) is 2.49. The number of aryl methyl sites for hydroxylation is 2. The molecule has 0 aliphatic heterocycles. The van der Waals surface area contributed by atoms with Crippen LogP contribution in [0.4, 0.5) is 0 Å². The lowest BCUT2D eigenvalue weighted by Crippen LogP contribution is -2.45. The van der Waals surface area contributed by atoms with Crippen molar-refractivity contribution < 1.29 is 14.3 Å². The van der Waals surface area contributed by atoms with Gasteiger partial charge < -0.3 is 10.1 Å². The quantitative estimate of drug-likeness (QED) is 0.866. The van der Waals surface area contributed by atoms with E-state index in [1.54, 1.807) is 0 Å². The molecular weight excluding hydrogens is 266 g/mol. The van der Waals surface area contributed by atoms with E-state index >= 15 is 0 Å². The summed E-state index contributed by atoms with van der Waals surface area (Å²) in [6.45, 7) is 3.77. The molecule has 4 nitrogen and oxygen atoms in total. The number of ether oxygens (including phenoxy) is 1. The Balaban J connectivity index is 2.14. The summed E-state index contributed by atoms with van der Waals surface area (Å²) in [6, 6.07) is 5.22. The molecule has 0 heterocycles. The molecule has 1 aliphatic rings. The lowest BCUT2D eigenvalue weighted by atomic mass is 9.90. The number of benzene rings is 1. The molecule has 1 atom stereocenters. The zero-order valence-corrected chi connectivity index (χ0v) is 12.9. The molecule has 0 unspecified atom stereocenters. The third-order valence-corrected chi connectivity index (χ3v) is 4.02. The Morgan fingerprint density at radius 2 is 1.81 bits per heavy atom. The third-order valence-electron chi connectivity index (χ3n) is 4.02. The number of amides is 1. The van der Waals surface area contributed by atoms with Crippen molar-refractivity contribution >= 4 is 11.9 Å². The minimum absolute atomic E-state index is 0.0148. The van der Waals surface area contributed by atoms with Gasteiger partial charge in [-0.2, -0.15) is 0 Å². The van der Waals surface area contributed by atoms with Crippen molar-refractivity contribution in [2.45, 2.75) is 45.6 Å². The van der Waals surface area contributed by atoms with Gasteiger partial charge in [-0.05, 0) is 54.9 Å². The molecule has 1 aliphatic carbocycles. The zero-order chi connectivity index (χ0) is 15.4. The molecule has 0 spiro atoms. The van der Waals surface area contributed by atoms with Gasteiger partial charge in [0.25, 0.3) is 5.91 Å². The van der Waals surface area contributed by atoms with Gasteiger partial charge in [0.05, 0.1) is 7.11 Å². The lowest BCUT2D eigenvalue weighted by molar-refractivity contribution is -0.144. The number of esters is 1. The van der Waals surface area contributed by atoms with E-state index in [9.17, 15) is 9.59 Å². The van der Waals surface area contributed by atoms with Crippen LogP contribution in [0.25, 0.3) is 0 Å². The number of hydrogen-bond acceptors (Lipinski definition) is 3. The van der Waals surface area contributed by atoms with E-state index in [1.165, 1.54) is 31.1 Å². The highest BCUT2D eigenvalue weighted by molar-refractivity contribution is 5.97. The Kier molecular flexibility index (Phi) is 4.99. The highest BCUT2D eigenvalue weighted by Gasteiger charge is 2.25. The van der Waals surface area contributed by atoms with Crippen LogP contribution in [0.3, 0.4) is 0 Å². The Morgan fingerprint density at radius 3 is 2.43 bits per heavy atom. The third kappa shape index (κ3) is 3.63. The monoisotopic (exact) mass is 289 g/mol. The van der Waals surface area contributed by atoms with Gasteiger partial charge in [0.15, 0.2) is 0 Å². The van der Waals surface area contributed by atoms with Crippen LogP contribution in [0.1, 0.15) is 48.2 Å². The number of rotatable bonds is 4. The summed E-state index contributed by atoms with van der Waals surface area (Å²) < 4.78 is 4.75. The molecule has 1 amide bonds. The summed E-state index contributed by atoms with van der Waals surface area (Å²) in [4.78, 5) is 24.1. The van der Waals surface area contributed by atoms with Crippen LogP contribution >= 0.6 is 0 Å². The summed E-state index contributed by atoms with van der Waals surface area (Å²) in [7, 11) is 1.34. The molecule has 1 N–H and O–H groups in total. The molecule has 0 bridgehead atoms. The Hall–Kier alpha value is -1.84. The van der Waals surface area contributed by atoms with E-state index < -0.39 is 12.0 Å². The van der Waals surface area contributed by atoms with E-state index in [4.69, 9.17) is 4.74 Å². The number of hydrogen-bond donors (Lipinski definition) is 1. The zero-order valence-electron chi connectivity index (χ0n) is 12.9. The highest BCUT2D eigenvalue weighted by Crippen LogP contribution is 2.22. The Bertz CT molecular complexity index is 537. The van der Waals surface area contributed by atoms with E-state index in [1.807, 2.05) is 32.0 Å². The molecular formula is C17H23NO3. The molecule has 1 aromatic rings. The standard InChI is InChI=1S/C17H23NO3/c1-11(2)15(17(20)21-3)18-16(19)14-9-8-12-6-4-5-7-13(12)10-14/h8-11,15H,4-7H2,1-3H3,(H,18,19)/t15-/m1/s1. The fourth-order valence-corrected chi connectivity index (χ4v) is 2.72. The van der Waals surface area contributed by atoms with Gasteiger partial charge in [-0.15, -0.1) is 0 Å². The average molecular weight is 289 g/mol. The molecule has 0 saturated carbocycles. The van der Waals surface area contributed by atoms with Crippen LogP contribution in [0.5, 0.6) is 0 Å². The van der Waals surface area contributed by atoms with Crippen molar-refractivity contribution in [2.24, 2.45) is 5.92 Å². The van der Waals surface area contributed by atoms with E-state index in [2.05, 4.69) is 5.32 Å². The minimum atomic E-state index is -0.612. The van der Waals surface area contributed by atoms with Crippen LogP contribution in [0, 0.1) is 5.92 Å². The van der Waals surface area contributed by atoms with Crippen molar-refractivity contribution in [3.05, 3.63) is 34.9 Å². The van der Waals surface area contributed by atoms with Crippen LogP contribution in [0.15, 0.2) is 18.2 Å². The van der Waals surface area contributed by atoms with Gasteiger partial charge in [0, 0.05) is 5.56 Å². The van der Waals surface area contributed by atoms with Gasteiger partial charge in [-0.3, -0.25) is 4.79 Å². The Labute approximate surface area is 125 Å². The van der Waals surface area contributed by atoms with Crippen molar-refractivity contribution in [1.29, 1.82) is 0 Å². The molecule has 0 aromatic heterocycles. The van der Waals surface area contributed by atoms with Gasteiger partial charge in [0.2, 0.25) is 0 Å². The van der Waals surface area contributed by atoms with Gasteiger partial charge >= 0.3 is 5.97 Å². The first-order chi connectivity index (χ1) is 10.0. The van der Waals surface area contributed by atoms with Gasteiger partial charge in [0.1, 0.15) is 6.04 Å². The first kappa shape index (κ1) is 15.5. The minimum Gasteiger partial charge on any atom is -0.467 e. The number of methoxy groups -OCH3 is 1. The molecule has 0 radical (unpaired) electrons. The number of fused-ring (bicyclic) bond motifs is 1. The van der Waals surface area contributed by atoms with Gasteiger partial charge in [-0.25, -0.2) is 4.79 Å². The molecule has 1 aromatic carbocycles. The van der Waals surface area contributed by atoms with Crippen LogP contribution in [0.2, 0.25) is 0 Å². The van der Waals surface area contributed by atoms with Crippen molar-refractivity contribution in [1.82, 2.24) is 5.32 Å². The SMILES string of the molecule is COC(=O)[C@H](NC(=O)c1ccc2c(c1)CCCC2)C(C)C. The number of nitrogens with one attached hydrogen (secondary N) is 1. The second kappa shape index (κ2) is 6.74. The summed E-state index contributed by atoms with van der Waals surface area (Å²) in [5, 5.41) is 2.78. The number of carbonyl (C=O) groups excluding carboxylic acids is 2. The van der Waals surface area contributed by atoms with Crippen LogP contribution in [-0.2, 0) is 22.4 Å². The Morgan fingerprint density at radius 1 is 1.14 bits per heavy atom. The van der Waals surface area contributed by atoms with Gasteiger partial charge in [-0.1, -0.05) is 19.9 Å². The topological polar surface area (TPSA) is 55.4 Å². The second-order valence-electron chi connectivity index (χ2n) is 5.91. The largest absolute Gasteiger partial charge is 0.467 e. The fourth-order valence-electron chi connectivity index (χ4n) is 2.72. The molecule has 4 heteroatoms. The molecule has 2 rings (SSSR count). The van der Waals surface area contributed by atoms with E-state index in [0.717, 1.165) is 12.8 Å². The molecule has 21 heavy (non-hydrogen) atoms. The predicted molar refractivity (Wildman–Crippen MR) is 81.2 cm³/mol. The van der Waals surface area contributed by atoms with Crippen molar-refractivity contribution in [2.75, 3.05) is 7.11 Å². The highest BCUT2D eigenvalue weighted by atomic mass is 16.5. The van der Waals surface area contributed by atoms with Crippen molar-refractivity contribution in [3.8, 4) is 0 Å². The van der Waals surface area contributed by atoms with E-state index in [0.29, 0.717) is 5.56 Å². The summed E-state index contributed by atoms with van der Waals surface area (Å²) in [6.07, 6.45) is 4.51. The first-order valence-electron chi connectivity index (χ1n) is 7.53. The molecule has 0 fully saturated rings. The lowest BCUT2D eigenvalue weighted by Gasteiger charge is -2.21. The maximum Gasteiger partial charge on any atom is 0.328 e. The van der Waals surface area contributed by atoms with Crippen molar-refractivity contribution in [3.63, 3.8) is 0 Å². The smallest absolute Gasteiger partial charge is 0.328 e. The first-order valence-corrected chi connectivity index (χ1v) is 7.53. The summed E-state index contributed by atoms with van der Waals surface area (Å²) >= 11 is 0. The normalized spacial score (nSPS) is 15.2. The summed E-state index contributed by atoms with van der Waals surface area (Å²) in [5.74, 6) is -0.636. The average Bonchev–Trinajstić information content (AvgIpc) is 2.50. The maximum absolute atomic E-state index is 12.3. The maximum atomic E-state index is 12.3. The number of carbonyl (C=O) groups is 2. The van der Waals surface area contributed by atoms with Crippen LogP contribution in [-0.4, -0.2) is 25.0 Å². The summed E-state index contributed by atoms with van der Waals surface area (Å²) in [5.41, 5.74) is 3.21. The van der Waals surface area contributed by atoms with E-state index in [-0.39, 0.29) is 11.8 Å². The fraction of sp³-hybridized carbons (Fsp3) is 0.529. The molecule has 114 valence electrons. The second-order valence-corrected chi connectivity index (χ2v) is 5.91.